The van der Waals surface area contributed by atoms with Gasteiger partial charge in [0.25, 0.3) is 15.9 Å². The lowest BCUT2D eigenvalue weighted by molar-refractivity contribution is -0.117. The van der Waals surface area contributed by atoms with Crippen molar-refractivity contribution in [2.24, 2.45) is 0 Å². The van der Waals surface area contributed by atoms with Gasteiger partial charge in [-0.3, -0.25) is 9.59 Å². The van der Waals surface area contributed by atoms with Gasteiger partial charge in [0, 0.05) is 17.8 Å². The van der Waals surface area contributed by atoms with E-state index >= 15 is 0 Å². The topological polar surface area (TPSA) is 133 Å². The molecule has 1 atom stereocenters. The fourth-order valence-corrected chi connectivity index (χ4v) is 3.43. The Morgan fingerprint density at radius 2 is 1.61 bits per heavy atom. The standard InChI is InChI=1S/C21H26N4O5S/c1-3-4-14-22-21(28)25-31(29,30)18-12-10-17(11-13-18)24-19(26)15(2)23-20(27)16-8-6-5-7-9-16/h5-13,15H,3-4,14H2,1-2H3,(H,23,27)(H,24,26)(H2,22,25,28). The molecule has 2 rings (SSSR count). The van der Waals surface area contributed by atoms with E-state index in [2.05, 4.69) is 16.0 Å². The number of sulfonamides is 1. The Balaban J connectivity index is 1.92. The molecule has 0 aliphatic carbocycles. The fraction of sp³-hybridized carbons (Fsp3) is 0.286. The maximum absolute atomic E-state index is 12.3. The van der Waals surface area contributed by atoms with Crippen molar-refractivity contribution in [3.63, 3.8) is 0 Å². The molecule has 31 heavy (non-hydrogen) atoms. The molecule has 1 unspecified atom stereocenters. The molecule has 0 aliphatic heterocycles. The van der Waals surface area contributed by atoms with Crippen molar-refractivity contribution in [1.29, 1.82) is 0 Å². The van der Waals surface area contributed by atoms with Crippen LogP contribution in [0.2, 0.25) is 0 Å². The molecule has 0 bridgehead atoms. The Morgan fingerprint density at radius 3 is 2.23 bits per heavy atom. The molecule has 0 radical (unpaired) electrons. The summed E-state index contributed by atoms with van der Waals surface area (Å²) in [6.45, 7) is 3.87. The van der Waals surface area contributed by atoms with E-state index in [-0.39, 0.29) is 10.8 Å². The summed E-state index contributed by atoms with van der Waals surface area (Å²) in [5.74, 6) is -0.846. The van der Waals surface area contributed by atoms with E-state index in [1.54, 1.807) is 30.3 Å². The number of hydrogen-bond donors (Lipinski definition) is 4. The number of carbonyl (C=O) groups excluding carboxylic acids is 3. The largest absolute Gasteiger partial charge is 0.341 e. The van der Waals surface area contributed by atoms with Crippen LogP contribution in [0, 0.1) is 0 Å². The molecule has 0 fully saturated rings. The second kappa shape index (κ2) is 11.1. The summed E-state index contributed by atoms with van der Waals surface area (Å²) in [6, 6.07) is 12.2. The molecule has 0 saturated heterocycles. The van der Waals surface area contributed by atoms with Crippen molar-refractivity contribution in [2.45, 2.75) is 37.6 Å². The molecule has 9 nitrogen and oxygen atoms in total. The number of nitrogens with one attached hydrogen (secondary N) is 4. The Labute approximate surface area is 181 Å². The first kappa shape index (κ1) is 23.9. The number of benzene rings is 2. The maximum atomic E-state index is 12.3. The van der Waals surface area contributed by atoms with Gasteiger partial charge in [-0.05, 0) is 49.7 Å². The van der Waals surface area contributed by atoms with Gasteiger partial charge < -0.3 is 16.0 Å². The van der Waals surface area contributed by atoms with E-state index in [4.69, 9.17) is 0 Å². The van der Waals surface area contributed by atoms with Gasteiger partial charge in [0.1, 0.15) is 6.04 Å². The number of amides is 4. The predicted molar refractivity (Wildman–Crippen MR) is 117 cm³/mol. The van der Waals surface area contributed by atoms with Gasteiger partial charge in [0.05, 0.1) is 4.90 Å². The average molecular weight is 447 g/mol. The van der Waals surface area contributed by atoms with Gasteiger partial charge in [-0.1, -0.05) is 31.5 Å². The van der Waals surface area contributed by atoms with Crippen LogP contribution in [-0.2, 0) is 14.8 Å². The van der Waals surface area contributed by atoms with Crippen molar-refractivity contribution < 1.29 is 22.8 Å². The first-order valence-corrected chi connectivity index (χ1v) is 11.3. The molecule has 0 spiro atoms. The maximum Gasteiger partial charge on any atom is 0.328 e. The molecular weight excluding hydrogens is 420 g/mol. The van der Waals surface area contributed by atoms with Crippen LogP contribution in [0.15, 0.2) is 59.5 Å². The predicted octanol–water partition coefficient (Wildman–Crippen LogP) is 2.23. The quantitative estimate of drug-likeness (QED) is 0.438. The van der Waals surface area contributed by atoms with Crippen molar-refractivity contribution in [3.8, 4) is 0 Å². The van der Waals surface area contributed by atoms with Crippen LogP contribution in [0.4, 0.5) is 10.5 Å². The van der Waals surface area contributed by atoms with Gasteiger partial charge in [0.15, 0.2) is 0 Å². The third-order valence-corrected chi connectivity index (χ3v) is 5.60. The van der Waals surface area contributed by atoms with Crippen LogP contribution in [0.3, 0.4) is 0 Å². The zero-order valence-corrected chi connectivity index (χ0v) is 18.2. The highest BCUT2D eigenvalue weighted by Gasteiger charge is 2.19. The minimum absolute atomic E-state index is 0.124. The highest BCUT2D eigenvalue weighted by molar-refractivity contribution is 7.90. The van der Waals surface area contributed by atoms with Crippen molar-refractivity contribution in [2.75, 3.05) is 11.9 Å². The van der Waals surface area contributed by atoms with E-state index in [1.165, 1.54) is 31.2 Å². The Morgan fingerprint density at radius 1 is 0.968 bits per heavy atom. The number of urea groups is 1. The van der Waals surface area contributed by atoms with E-state index in [9.17, 15) is 22.8 Å². The first-order valence-electron chi connectivity index (χ1n) is 9.80. The van der Waals surface area contributed by atoms with Crippen LogP contribution >= 0.6 is 0 Å². The molecular formula is C21H26N4O5S. The molecule has 10 heteroatoms. The molecule has 0 aromatic heterocycles. The molecule has 166 valence electrons. The summed E-state index contributed by atoms with van der Waals surface area (Å²) in [7, 11) is -4.04. The summed E-state index contributed by atoms with van der Waals surface area (Å²) in [5, 5.41) is 7.66. The minimum Gasteiger partial charge on any atom is -0.341 e. The third-order valence-electron chi connectivity index (χ3n) is 4.25. The van der Waals surface area contributed by atoms with E-state index in [0.717, 1.165) is 12.8 Å². The number of unbranched alkanes of at least 4 members (excludes halogenated alkanes) is 1. The van der Waals surface area contributed by atoms with E-state index in [0.29, 0.717) is 17.8 Å². The zero-order valence-electron chi connectivity index (χ0n) is 17.3. The SMILES string of the molecule is CCCCNC(=O)NS(=O)(=O)c1ccc(NC(=O)C(C)NC(=O)c2ccccc2)cc1. The summed E-state index contributed by atoms with van der Waals surface area (Å²) in [4.78, 5) is 36.0. The second-order valence-corrected chi connectivity index (χ2v) is 8.47. The minimum atomic E-state index is -4.04. The summed E-state index contributed by atoms with van der Waals surface area (Å²) in [5.41, 5.74) is 0.778. The van der Waals surface area contributed by atoms with Crippen molar-refractivity contribution in [1.82, 2.24) is 15.4 Å². The zero-order chi connectivity index (χ0) is 22.9. The van der Waals surface area contributed by atoms with Crippen LogP contribution < -0.4 is 20.7 Å². The average Bonchev–Trinajstić information content (AvgIpc) is 2.74. The van der Waals surface area contributed by atoms with E-state index < -0.39 is 28.0 Å². The monoisotopic (exact) mass is 446 g/mol. The van der Waals surface area contributed by atoms with Crippen LogP contribution in [0.5, 0.6) is 0 Å². The van der Waals surface area contributed by atoms with Crippen LogP contribution in [0.25, 0.3) is 0 Å². The summed E-state index contributed by atoms with van der Waals surface area (Å²) < 4.78 is 26.5. The molecule has 2 aromatic rings. The highest BCUT2D eigenvalue weighted by Crippen LogP contribution is 2.14. The lowest BCUT2D eigenvalue weighted by atomic mass is 10.2. The van der Waals surface area contributed by atoms with E-state index in [1.807, 2.05) is 11.6 Å². The third kappa shape index (κ3) is 7.41. The number of carbonyl (C=O) groups is 3. The van der Waals surface area contributed by atoms with Crippen molar-refractivity contribution >= 4 is 33.6 Å². The molecule has 2 aromatic carbocycles. The number of anilines is 1. The lowest BCUT2D eigenvalue weighted by Gasteiger charge is -2.14. The molecule has 0 saturated carbocycles. The lowest BCUT2D eigenvalue weighted by Crippen LogP contribution is -2.41. The van der Waals surface area contributed by atoms with Gasteiger partial charge in [-0.15, -0.1) is 0 Å². The molecule has 0 heterocycles. The van der Waals surface area contributed by atoms with Gasteiger partial charge >= 0.3 is 6.03 Å². The summed E-state index contributed by atoms with van der Waals surface area (Å²) in [6.07, 6.45) is 1.61. The van der Waals surface area contributed by atoms with Crippen LogP contribution in [-0.4, -0.2) is 38.8 Å². The van der Waals surface area contributed by atoms with Gasteiger partial charge in [-0.25, -0.2) is 17.9 Å². The number of hydrogen-bond acceptors (Lipinski definition) is 5. The van der Waals surface area contributed by atoms with Crippen LogP contribution in [0.1, 0.15) is 37.0 Å². The Bertz CT molecular complexity index is 1010. The summed E-state index contributed by atoms with van der Waals surface area (Å²) >= 11 is 0. The number of rotatable bonds is 9. The molecule has 4 amide bonds. The van der Waals surface area contributed by atoms with Crippen molar-refractivity contribution in [3.05, 3.63) is 60.2 Å². The highest BCUT2D eigenvalue weighted by atomic mass is 32.2. The Kier molecular flexibility index (Phi) is 8.56. The normalized spacial score (nSPS) is 11.8. The molecule has 0 aliphatic rings. The molecule has 4 N–H and O–H groups in total. The smallest absolute Gasteiger partial charge is 0.328 e. The van der Waals surface area contributed by atoms with Gasteiger partial charge in [-0.2, -0.15) is 0 Å². The first-order chi connectivity index (χ1) is 14.7. The fourth-order valence-electron chi connectivity index (χ4n) is 2.50. The second-order valence-electron chi connectivity index (χ2n) is 6.79. The Hall–Kier alpha value is -3.40. The van der Waals surface area contributed by atoms with Gasteiger partial charge in [0.2, 0.25) is 5.91 Å².